The van der Waals surface area contributed by atoms with E-state index in [9.17, 15) is 5.11 Å². The average molecular weight is 274 g/mol. The number of hydrogen-bond acceptors (Lipinski definition) is 6. The van der Waals surface area contributed by atoms with Gasteiger partial charge in [-0.25, -0.2) is 15.0 Å². The molecule has 19 heavy (non-hydrogen) atoms. The van der Waals surface area contributed by atoms with Crippen molar-refractivity contribution in [3.05, 3.63) is 24.7 Å². The molecule has 0 fully saturated rings. The Kier molecular flexibility index (Phi) is 2.83. The number of hydrogen-bond donors (Lipinski definition) is 2. The van der Waals surface area contributed by atoms with Crippen LogP contribution in [-0.2, 0) is 0 Å². The second-order valence-electron chi connectivity index (χ2n) is 5.03. The van der Waals surface area contributed by atoms with Gasteiger partial charge in [0.25, 0.3) is 0 Å². The number of pyridine rings is 1. The van der Waals surface area contributed by atoms with Crippen molar-refractivity contribution < 1.29 is 5.11 Å². The Morgan fingerprint density at radius 3 is 2.95 bits per heavy atom. The van der Waals surface area contributed by atoms with Gasteiger partial charge in [-0.2, -0.15) is 0 Å². The predicted molar refractivity (Wildman–Crippen MR) is 77.5 cm³/mol. The molecule has 3 rings (SSSR count). The third kappa shape index (κ3) is 2.13. The van der Waals surface area contributed by atoms with Crippen LogP contribution in [0.5, 0.6) is 0 Å². The lowest BCUT2D eigenvalue weighted by Crippen LogP contribution is -2.35. The van der Waals surface area contributed by atoms with Crippen molar-refractivity contribution in [2.24, 2.45) is 0 Å². The van der Waals surface area contributed by atoms with E-state index in [1.807, 2.05) is 26.0 Å². The largest absolute Gasteiger partial charge is 0.394 e. The van der Waals surface area contributed by atoms with E-state index in [0.717, 1.165) is 26.3 Å². The molecule has 0 atom stereocenters. The zero-order valence-corrected chi connectivity index (χ0v) is 11.5. The molecule has 3 aromatic heterocycles. The monoisotopic (exact) mass is 274 g/mol. The average Bonchev–Trinajstić information content (AvgIpc) is 2.78. The van der Waals surface area contributed by atoms with E-state index in [2.05, 4.69) is 20.3 Å². The van der Waals surface area contributed by atoms with Gasteiger partial charge in [0, 0.05) is 11.6 Å². The molecule has 3 aromatic rings. The zero-order chi connectivity index (χ0) is 13.5. The third-order valence-corrected chi connectivity index (χ3v) is 3.99. The lowest BCUT2D eigenvalue weighted by Gasteiger charge is -2.24. The maximum absolute atomic E-state index is 9.35. The third-order valence-electron chi connectivity index (χ3n) is 2.88. The topological polar surface area (TPSA) is 70.9 Å². The van der Waals surface area contributed by atoms with Crippen molar-refractivity contribution in [3.63, 3.8) is 0 Å². The molecule has 0 saturated carbocycles. The summed E-state index contributed by atoms with van der Waals surface area (Å²) in [6.07, 6.45) is 3.31. The summed E-state index contributed by atoms with van der Waals surface area (Å²) in [5.41, 5.74) is 0.476. The Labute approximate surface area is 114 Å². The molecule has 5 nitrogen and oxygen atoms in total. The summed E-state index contributed by atoms with van der Waals surface area (Å²) < 4.78 is 0.970. The summed E-state index contributed by atoms with van der Waals surface area (Å²) >= 11 is 1.56. The van der Waals surface area contributed by atoms with Crippen molar-refractivity contribution >= 4 is 37.6 Å². The number of rotatable bonds is 3. The molecule has 0 saturated heterocycles. The second-order valence-corrected chi connectivity index (χ2v) is 6.02. The fourth-order valence-electron chi connectivity index (χ4n) is 1.86. The molecule has 3 heterocycles. The minimum Gasteiger partial charge on any atom is -0.394 e. The molecule has 0 bridgehead atoms. The molecule has 0 aliphatic heterocycles. The number of fused-ring (bicyclic) bond motifs is 3. The van der Waals surface area contributed by atoms with E-state index < -0.39 is 5.54 Å². The number of anilines is 1. The Bertz CT molecular complexity index is 738. The summed E-state index contributed by atoms with van der Waals surface area (Å²) in [5.74, 6) is 0.743. The van der Waals surface area contributed by atoms with Gasteiger partial charge in [-0.15, -0.1) is 11.3 Å². The van der Waals surface area contributed by atoms with Crippen LogP contribution >= 0.6 is 11.3 Å². The predicted octanol–water partition coefficient (Wildman–Crippen LogP) is 2.42. The van der Waals surface area contributed by atoms with E-state index in [4.69, 9.17) is 0 Å². The quantitative estimate of drug-likeness (QED) is 0.767. The molecule has 0 spiro atoms. The Balaban J connectivity index is 2.21. The fourth-order valence-corrected chi connectivity index (χ4v) is 2.90. The smallest absolute Gasteiger partial charge is 0.148 e. The summed E-state index contributed by atoms with van der Waals surface area (Å²) in [4.78, 5) is 13.9. The van der Waals surface area contributed by atoms with Crippen LogP contribution in [0.25, 0.3) is 20.4 Å². The summed E-state index contributed by atoms with van der Waals surface area (Å²) in [5, 5.41) is 13.6. The van der Waals surface area contributed by atoms with Gasteiger partial charge >= 0.3 is 0 Å². The Hall–Kier alpha value is -1.79. The minimum atomic E-state index is -0.426. The summed E-state index contributed by atoms with van der Waals surface area (Å²) in [7, 11) is 0. The van der Waals surface area contributed by atoms with Crippen molar-refractivity contribution in [1.29, 1.82) is 0 Å². The van der Waals surface area contributed by atoms with Crippen LogP contribution in [0.1, 0.15) is 13.8 Å². The highest BCUT2D eigenvalue weighted by Crippen LogP contribution is 2.35. The first-order valence-corrected chi connectivity index (χ1v) is 6.80. The number of thiophene rings is 1. The number of nitrogens with zero attached hydrogens (tertiary/aromatic N) is 3. The normalized spacial score (nSPS) is 12.2. The number of aliphatic hydroxyl groups excluding tert-OH is 1. The van der Waals surface area contributed by atoms with Crippen LogP contribution in [0.2, 0.25) is 0 Å². The minimum absolute atomic E-state index is 0.0294. The van der Waals surface area contributed by atoms with Gasteiger partial charge in [0.05, 0.1) is 22.4 Å². The van der Waals surface area contributed by atoms with Crippen LogP contribution in [-0.4, -0.2) is 32.2 Å². The maximum atomic E-state index is 9.35. The summed E-state index contributed by atoms with van der Waals surface area (Å²) in [6, 6.07) is 3.91. The molecule has 0 aromatic carbocycles. The van der Waals surface area contributed by atoms with Crippen molar-refractivity contribution in [3.8, 4) is 0 Å². The zero-order valence-electron chi connectivity index (χ0n) is 10.7. The van der Waals surface area contributed by atoms with Crippen molar-refractivity contribution in [2.75, 3.05) is 11.9 Å². The Morgan fingerprint density at radius 1 is 1.32 bits per heavy atom. The van der Waals surface area contributed by atoms with Crippen LogP contribution < -0.4 is 5.32 Å². The van der Waals surface area contributed by atoms with Crippen LogP contribution in [0.3, 0.4) is 0 Å². The lowest BCUT2D eigenvalue weighted by molar-refractivity contribution is 0.234. The van der Waals surface area contributed by atoms with E-state index in [0.29, 0.717) is 0 Å². The van der Waals surface area contributed by atoms with Crippen molar-refractivity contribution in [2.45, 2.75) is 19.4 Å². The highest BCUT2D eigenvalue weighted by molar-refractivity contribution is 7.25. The van der Waals surface area contributed by atoms with Gasteiger partial charge in [-0.3, -0.25) is 0 Å². The molecule has 0 aliphatic carbocycles. The first kappa shape index (κ1) is 12.3. The first-order chi connectivity index (χ1) is 9.11. The first-order valence-electron chi connectivity index (χ1n) is 5.98. The van der Waals surface area contributed by atoms with Crippen LogP contribution in [0.15, 0.2) is 24.7 Å². The van der Waals surface area contributed by atoms with Gasteiger partial charge in [0.2, 0.25) is 0 Å². The molecular formula is C13H14N4OS. The number of aliphatic hydroxyl groups is 1. The van der Waals surface area contributed by atoms with Gasteiger partial charge in [0.15, 0.2) is 0 Å². The number of nitrogens with one attached hydrogen (secondary N) is 1. The molecule has 0 amide bonds. The molecular weight excluding hydrogens is 260 g/mol. The van der Waals surface area contributed by atoms with E-state index in [1.54, 1.807) is 17.5 Å². The maximum Gasteiger partial charge on any atom is 0.148 e. The lowest BCUT2D eigenvalue weighted by atomic mass is 10.1. The second kappa shape index (κ2) is 4.40. The molecule has 0 unspecified atom stereocenters. The van der Waals surface area contributed by atoms with E-state index >= 15 is 0 Å². The standard InChI is InChI=1S/C13H14N4OS/c1-13(2,6-18)17-11-10-9(15-7-16-11)8-4-3-5-14-12(8)19-10/h3-5,7,18H,6H2,1-2H3,(H,15,16,17). The van der Waals surface area contributed by atoms with Gasteiger partial charge in [-0.1, -0.05) is 0 Å². The van der Waals surface area contributed by atoms with Gasteiger partial charge in [0.1, 0.15) is 17.0 Å². The van der Waals surface area contributed by atoms with Crippen LogP contribution in [0.4, 0.5) is 5.82 Å². The number of aromatic nitrogens is 3. The fraction of sp³-hybridized carbons (Fsp3) is 0.308. The molecule has 0 radical (unpaired) electrons. The van der Waals surface area contributed by atoms with E-state index in [-0.39, 0.29) is 6.61 Å². The van der Waals surface area contributed by atoms with Gasteiger partial charge < -0.3 is 10.4 Å². The molecule has 2 N–H and O–H groups in total. The Morgan fingerprint density at radius 2 is 2.16 bits per heavy atom. The molecule has 98 valence electrons. The SMILES string of the molecule is CC(C)(CO)Nc1ncnc2c1sc1ncccc12. The van der Waals surface area contributed by atoms with Crippen molar-refractivity contribution in [1.82, 2.24) is 15.0 Å². The van der Waals surface area contributed by atoms with Gasteiger partial charge in [-0.05, 0) is 26.0 Å². The summed E-state index contributed by atoms with van der Waals surface area (Å²) in [6.45, 7) is 3.88. The highest BCUT2D eigenvalue weighted by atomic mass is 32.1. The molecule has 6 heteroatoms. The van der Waals surface area contributed by atoms with E-state index in [1.165, 1.54) is 6.33 Å². The van der Waals surface area contributed by atoms with Crippen LogP contribution in [0, 0.1) is 0 Å². The highest BCUT2D eigenvalue weighted by Gasteiger charge is 2.19. The molecule has 0 aliphatic rings.